The number of nitrogens with zero attached hydrogens (tertiary/aromatic N) is 8. The number of thiazole rings is 1. The Morgan fingerprint density at radius 2 is 1.75 bits per heavy atom. The highest BCUT2D eigenvalue weighted by Crippen LogP contribution is 2.88. The highest BCUT2D eigenvalue weighted by molar-refractivity contribution is 7.22. The van der Waals surface area contributed by atoms with Crippen LogP contribution in [-0.4, -0.2) is 78.3 Å². The van der Waals surface area contributed by atoms with Gasteiger partial charge in [-0.2, -0.15) is 5.10 Å². The van der Waals surface area contributed by atoms with Crippen molar-refractivity contribution >= 4 is 44.1 Å². The quantitative estimate of drug-likeness (QED) is 0.135. The number of likely N-dealkylation sites (tertiary alicyclic amines) is 1. The summed E-state index contributed by atoms with van der Waals surface area (Å²) in [5.41, 5.74) is 8.22. The molecule has 1 saturated heterocycles. The lowest BCUT2D eigenvalue weighted by Gasteiger charge is -2.64. The van der Waals surface area contributed by atoms with E-state index >= 15 is 0 Å². The molecule has 298 valence electrons. The molecular formula is C45H55N9O2S. The Hall–Kier alpha value is -3.97. The second-order valence-corrected chi connectivity index (χ2v) is 20.4. The summed E-state index contributed by atoms with van der Waals surface area (Å²) in [6.07, 6.45) is 14.1. The molecule has 6 heterocycles. The Labute approximate surface area is 339 Å². The maximum Gasteiger partial charge on any atom is 0.189 e. The Bertz CT molecular complexity index is 2370. The highest BCUT2D eigenvalue weighted by Gasteiger charge is 2.85. The molecule has 12 heteroatoms. The van der Waals surface area contributed by atoms with Gasteiger partial charge < -0.3 is 25.0 Å². The van der Waals surface area contributed by atoms with E-state index in [-0.39, 0.29) is 23.0 Å². The van der Waals surface area contributed by atoms with E-state index in [0.717, 1.165) is 99.8 Å². The number of pyridine rings is 1. The highest BCUT2D eigenvalue weighted by atomic mass is 32.1. The predicted molar refractivity (Wildman–Crippen MR) is 224 cm³/mol. The summed E-state index contributed by atoms with van der Waals surface area (Å²) in [7, 11) is 0. The molecule has 5 fully saturated rings. The zero-order chi connectivity index (χ0) is 38.8. The Morgan fingerprint density at radius 1 is 0.895 bits per heavy atom. The standard InChI is InChI=1S/C45H55N9O2S/c1-29-31-10-9-17-53(39(31)51-50-38(29)49-40-48-34-11-5-6-12-36(34)57-40)37-14-13-32(35(21-55)47-37)33-20-46-54(30(33)2)28-43-22-41(3)23-44(27-43)42(4,25-43)26-45(44,24-41)56-19-18-52-15-7-8-16-52/h5-6,11-14,20,55H,7-10,15-19,21-28H2,1-4H3,(H,48,49,50). The van der Waals surface area contributed by atoms with E-state index in [9.17, 15) is 5.11 Å². The van der Waals surface area contributed by atoms with Gasteiger partial charge in [-0.1, -0.05) is 37.3 Å². The number of rotatable bonds is 11. The number of hydrogen-bond acceptors (Lipinski definition) is 11. The van der Waals surface area contributed by atoms with Crippen LogP contribution in [0.15, 0.2) is 42.6 Å². The summed E-state index contributed by atoms with van der Waals surface area (Å²) in [6, 6.07) is 12.3. The summed E-state index contributed by atoms with van der Waals surface area (Å²) in [4.78, 5) is 14.6. The third-order valence-electron chi connectivity index (χ3n) is 15.5. The second-order valence-electron chi connectivity index (χ2n) is 19.4. The van der Waals surface area contributed by atoms with Crippen molar-refractivity contribution in [3.05, 3.63) is 65.1 Å². The number of fused-ring (bicyclic) bond motifs is 4. The molecule has 2 N–H and O–H groups in total. The number of nitrogens with one attached hydrogen (secondary N) is 1. The van der Waals surface area contributed by atoms with Crippen LogP contribution in [0.4, 0.5) is 22.6 Å². The first-order chi connectivity index (χ1) is 27.5. The first-order valence-corrected chi connectivity index (χ1v) is 22.1. The van der Waals surface area contributed by atoms with Crippen LogP contribution in [-0.2, 0) is 24.3 Å². The van der Waals surface area contributed by atoms with Crippen molar-refractivity contribution in [3.63, 3.8) is 0 Å². The van der Waals surface area contributed by atoms with Crippen LogP contribution in [0.5, 0.6) is 0 Å². The van der Waals surface area contributed by atoms with Crippen molar-refractivity contribution in [1.82, 2.24) is 34.8 Å². The van der Waals surface area contributed by atoms with Gasteiger partial charge in [0.15, 0.2) is 16.8 Å². The van der Waals surface area contributed by atoms with E-state index in [1.807, 2.05) is 24.4 Å². The second kappa shape index (κ2) is 12.8. The maximum absolute atomic E-state index is 10.8. The Balaban J connectivity index is 0.832. The molecule has 5 unspecified atom stereocenters. The average Bonchev–Trinajstić information content (AvgIpc) is 3.99. The summed E-state index contributed by atoms with van der Waals surface area (Å²) < 4.78 is 10.5. The molecule has 5 atom stereocenters. The number of aromatic nitrogens is 6. The SMILES string of the molecule is Cc1c(Nc2nc3ccccc3s2)nnc2c1CCCN2c1ccc(-c2cnn(CC34CC5(C)CC6(OCCN7CCCC7)CC(C)(C3)C6(C5)C4)c2C)c(CO)n1. The molecule has 11 nitrogen and oxygen atoms in total. The van der Waals surface area contributed by atoms with E-state index in [4.69, 9.17) is 24.9 Å². The number of benzene rings is 1. The van der Waals surface area contributed by atoms with Gasteiger partial charge in [-0.25, -0.2) is 9.97 Å². The molecule has 3 bridgehead atoms. The lowest BCUT2D eigenvalue weighted by molar-refractivity contribution is -0.253. The largest absolute Gasteiger partial charge is 0.390 e. The van der Waals surface area contributed by atoms with Crippen LogP contribution < -0.4 is 10.2 Å². The number of anilines is 4. The first kappa shape index (κ1) is 36.1. The van der Waals surface area contributed by atoms with Gasteiger partial charge in [-0.15, -0.1) is 10.2 Å². The van der Waals surface area contributed by atoms with Crippen molar-refractivity contribution in [2.75, 3.05) is 43.0 Å². The van der Waals surface area contributed by atoms with Crippen molar-refractivity contribution < 1.29 is 9.84 Å². The molecule has 57 heavy (non-hydrogen) atoms. The van der Waals surface area contributed by atoms with Gasteiger partial charge >= 0.3 is 0 Å². The van der Waals surface area contributed by atoms with Gasteiger partial charge in [0, 0.05) is 53.0 Å². The predicted octanol–water partition coefficient (Wildman–Crippen LogP) is 8.51. The minimum absolute atomic E-state index is 0.0533. The molecule has 4 aromatic heterocycles. The van der Waals surface area contributed by atoms with Gasteiger partial charge in [0.2, 0.25) is 0 Å². The van der Waals surface area contributed by atoms with Gasteiger partial charge in [0.25, 0.3) is 0 Å². The van der Waals surface area contributed by atoms with E-state index in [1.165, 1.54) is 64.5 Å². The van der Waals surface area contributed by atoms with Crippen molar-refractivity contribution in [1.29, 1.82) is 0 Å². The molecule has 1 spiro atoms. The molecule has 5 aromatic rings. The fourth-order valence-electron chi connectivity index (χ4n) is 13.8. The molecular weight excluding hydrogens is 731 g/mol. The lowest BCUT2D eigenvalue weighted by Crippen LogP contribution is -2.65. The molecule has 1 aromatic carbocycles. The molecule has 2 aliphatic heterocycles. The van der Waals surface area contributed by atoms with Crippen LogP contribution in [0.1, 0.15) is 94.1 Å². The molecule has 11 rings (SSSR count). The van der Waals surface area contributed by atoms with E-state index in [1.54, 1.807) is 11.3 Å². The normalized spacial score (nSPS) is 31.3. The summed E-state index contributed by atoms with van der Waals surface area (Å²) in [5, 5.41) is 29.5. The fraction of sp³-hybridized carbons (Fsp3) is 0.578. The monoisotopic (exact) mass is 785 g/mol. The fourth-order valence-corrected chi connectivity index (χ4v) is 14.6. The number of ether oxygens (including phenoxy) is 1. The minimum atomic E-state index is -0.159. The lowest BCUT2D eigenvalue weighted by atomic mass is 9.44. The zero-order valence-electron chi connectivity index (χ0n) is 33.9. The Kier molecular flexibility index (Phi) is 8.09. The third kappa shape index (κ3) is 5.42. The molecule has 6 aliphatic rings. The summed E-state index contributed by atoms with van der Waals surface area (Å²) in [5.74, 6) is 2.34. The van der Waals surface area contributed by atoms with Crippen LogP contribution in [0.3, 0.4) is 0 Å². The van der Waals surface area contributed by atoms with Crippen LogP contribution >= 0.6 is 11.3 Å². The zero-order valence-corrected chi connectivity index (χ0v) is 34.7. The smallest absolute Gasteiger partial charge is 0.189 e. The van der Waals surface area contributed by atoms with Crippen LogP contribution in [0, 0.1) is 35.5 Å². The number of para-hydroxylation sites is 1. The van der Waals surface area contributed by atoms with Gasteiger partial charge in [-0.3, -0.25) is 4.68 Å². The van der Waals surface area contributed by atoms with Crippen molar-refractivity contribution in [2.24, 2.45) is 21.7 Å². The topological polar surface area (TPSA) is 117 Å². The minimum Gasteiger partial charge on any atom is -0.390 e. The molecule has 4 aliphatic carbocycles. The number of aliphatic hydroxyl groups excluding tert-OH is 1. The van der Waals surface area contributed by atoms with E-state index in [0.29, 0.717) is 16.5 Å². The summed E-state index contributed by atoms with van der Waals surface area (Å²) >= 11 is 1.62. The third-order valence-corrected chi connectivity index (χ3v) is 16.5. The average molecular weight is 786 g/mol. The van der Waals surface area contributed by atoms with Crippen LogP contribution in [0.25, 0.3) is 21.3 Å². The van der Waals surface area contributed by atoms with Gasteiger partial charge in [-0.05, 0) is 132 Å². The maximum atomic E-state index is 10.8. The molecule has 4 saturated carbocycles. The summed E-state index contributed by atoms with van der Waals surface area (Å²) in [6.45, 7) is 15.5. The Morgan fingerprint density at radius 3 is 2.60 bits per heavy atom. The molecule has 0 amide bonds. The molecule has 0 radical (unpaired) electrons. The van der Waals surface area contributed by atoms with Gasteiger partial charge in [0.1, 0.15) is 5.82 Å². The van der Waals surface area contributed by atoms with Crippen molar-refractivity contribution in [3.8, 4) is 11.1 Å². The van der Waals surface area contributed by atoms with Gasteiger partial charge in [0.05, 0.1) is 40.9 Å². The number of aliphatic hydroxyl groups is 1. The van der Waals surface area contributed by atoms with E-state index in [2.05, 4.69) is 70.8 Å². The van der Waals surface area contributed by atoms with E-state index < -0.39 is 0 Å². The number of hydrogen-bond donors (Lipinski definition) is 2. The van der Waals surface area contributed by atoms with Crippen LogP contribution in [0.2, 0.25) is 0 Å². The first-order valence-electron chi connectivity index (χ1n) is 21.3. The van der Waals surface area contributed by atoms with Crippen molar-refractivity contribution in [2.45, 2.75) is 111 Å².